The summed E-state index contributed by atoms with van der Waals surface area (Å²) in [6.07, 6.45) is 0. The Labute approximate surface area is 118 Å². The van der Waals surface area contributed by atoms with Crippen molar-refractivity contribution in [1.82, 2.24) is 9.21 Å². The average molecular weight is 298 g/mol. The van der Waals surface area contributed by atoms with E-state index in [0.29, 0.717) is 31.9 Å². The van der Waals surface area contributed by atoms with Crippen LogP contribution >= 0.6 is 0 Å². The molecule has 7 nitrogen and oxygen atoms in total. The molecule has 8 heteroatoms. The van der Waals surface area contributed by atoms with Crippen LogP contribution in [0.3, 0.4) is 0 Å². The van der Waals surface area contributed by atoms with Crippen molar-refractivity contribution in [3.63, 3.8) is 0 Å². The third-order valence-electron chi connectivity index (χ3n) is 3.28. The minimum Gasteiger partial charge on any atom is -0.497 e. The summed E-state index contributed by atoms with van der Waals surface area (Å²) in [5, 5.41) is 7.34. The summed E-state index contributed by atoms with van der Waals surface area (Å²) in [6.45, 7) is 1.53. The van der Waals surface area contributed by atoms with E-state index in [1.807, 2.05) is 0 Å². The predicted molar refractivity (Wildman–Crippen MR) is 75.2 cm³/mol. The van der Waals surface area contributed by atoms with Gasteiger partial charge in [-0.3, -0.25) is 5.41 Å². The molecule has 2 rings (SSSR count). The molecule has 0 unspecified atom stereocenters. The fourth-order valence-corrected chi connectivity index (χ4v) is 3.49. The van der Waals surface area contributed by atoms with Crippen LogP contribution in [0.1, 0.15) is 0 Å². The van der Waals surface area contributed by atoms with Crippen LogP contribution in [0.4, 0.5) is 0 Å². The molecule has 1 fully saturated rings. The van der Waals surface area contributed by atoms with E-state index < -0.39 is 10.0 Å². The molecule has 1 saturated heterocycles. The molecule has 0 atom stereocenters. The third kappa shape index (κ3) is 2.86. The van der Waals surface area contributed by atoms with Crippen LogP contribution in [0.5, 0.6) is 5.75 Å². The number of rotatable bonds is 3. The zero-order valence-corrected chi connectivity index (χ0v) is 12.1. The van der Waals surface area contributed by atoms with Gasteiger partial charge in [0.25, 0.3) is 0 Å². The van der Waals surface area contributed by atoms with Crippen molar-refractivity contribution in [1.29, 1.82) is 5.41 Å². The summed E-state index contributed by atoms with van der Waals surface area (Å²) in [6, 6.07) is 6.31. The first kappa shape index (κ1) is 14.6. The highest BCUT2D eigenvalue weighted by Crippen LogP contribution is 2.20. The van der Waals surface area contributed by atoms with Gasteiger partial charge in [-0.25, -0.2) is 8.42 Å². The second-order valence-electron chi connectivity index (χ2n) is 4.45. The number of guanidine groups is 1. The van der Waals surface area contributed by atoms with Crippen molar-refractivity contribution in [2.75, 3.05) is 33.3 Å². The smallest absolute Gasteiger partial charge is 0.243 e. The number of ether oxygens (including phenoxy) is 1. The van der Waals surface area contributed by atoms with Crippen molar-refractivity contribution >= 4 is 16.0 Å². The van der Waals surface area contributed by atoms with Gasteiger partial charge in [0, 0.05) is 26.2 Å². The summed E-state index contributed by atoms with van der Waals surface area (Å²) in [5.74, 6) is 0.594. The summed E-state index contributed by atoms with van der Waals surface area (Å²) >= 11 is 0. The normalized spacial score (nSPS) is 16.9. The Bertz CT molecular complexity index is 577. The van der Waals surface area contributed by atoms with Crippen LogP contribution in [0.2, 0.25) is 0 Å². The maximum atomic E-state index is 12.4. The molecule has 0 aromatic heterocycles. The number of benzene rings is 1. The quantitative estimate of drug-likeness (QED) is 0.599. The van der Waals surface area contributed by atoms with E-state index in [4.69, 9.17) is 15.9 Å². The zero-order valence-electron chi connectivity index (χ0n) is 11.2. The van der Waals surface area contributed by atoms with E-state index in [2.05, 4.69) is 0 Å². The van der Waals surface area contributed by atoms with Crippen molar-refractivity contribution in [2.45, 2.75) is 4.90 Å². The topological polar surface area (TPSA) is 99.7 Å². The van der Waals surface area contributed by atoms with Gasteiger partial charge in [-0.05, 0) is 24.3 Å². The Morgan fingerprint density at radius 3 is 2.20 bits per heavy atom. The number of piperazine rings is 1. The molecule has 1 aliphatic heterocycles. The van der Waals surface area contributed by atoms with Crippen LogP contribution in [-0.2, 0) is 10.0 Å². The second-order valence-corrected chi connectivity index (χ2v) is 6.39. The molecule has 0 bridgehead atoms. The van der Waals surface area contributed by atoms with Crippen LogP contribution in [0.25, 0.3) is 0 Å². The molecule has 110 valence electrons. The highest BCUT2D eigenvalue weighted by atomic mass is 32.2. The molecule has 20 heavy (non-hydrogen) atoms. The van der Waals surface area contributed by atoms with Gasteiger partial charge >= 0.3 is 0 Å². The molecular formula is C12H18N4O3S. The van der Waals surface area contributed by atoms with E-state index in [-0.39, 0.29) is 10.9 Å². The molecule has 0 amide bonds. The standard InChI is InChI=1S/C12H18N4O3S/c1-19-10-2-4-11(5-3-10)20(17,18)16-8-6-15(7-9-16)12(13)14/h2-5H,6-9H2,1H3,(H3,13,14). The third-order valence-corrected chi connectivity index (χ3v) is 5.19. The monoisotopic (exact) mass is 298 g/mol. The highest BCUT2D eigenvalue weighted by molar-refractivity contribution is 7.89. The fraction of sp³-hybridized carbons (Fsp3) is 0.417. The summed E-state index contributed by atoms with van der Waals surface area (Å²) in [4.78, 5) is 1.90. The van der Waals surface area contributed by atoms with Crippen molar-refractivity contribution in [2.24, 2.45) is 5.73 Å². The highest BCUT2D eigenvalue weighted by Gasteiger charge is 2.28. The lowest BCUT2D eigenvalue weighted by Gasteiger charge is -2.34. The van der Waals surface area contributed by atoms with E-state index in [9.17, 15) is 8.42 Å². The number of nitrogens with one attached hydrogen (secondary N) is 1. The van der Waals surface area contributed by atoms with Crippen LogP contribution < -0.4 is 10.5 Å². The Morgan fingerprint density at radius 1 is 1.20 bits per heavy atom. The summed E-state index contributed by atoms with van der Waals surface area (Å²) < 4.78 is 31.3. The largest absolute Gasteiger partial charge is 0.497 e. The zero-order chi connectivity index (χ0) is 14.8. The molecule has 0 spiro atoms. The van der Waals surface area contributed by atoms with Crippen molar-refractivity contribution < 1.29 is 13.2 Å². The Morgan fingerprint density at radius 2 is 1.75 bits per heavy atom. The van der Waals surface area contributed by atoms with Gasteiger partial charge in [0.1, 0.15) is 5.75 Å². The van der Waals surface area contributed by atoms with Crippen molar-refractivity contribution in [3.05, 3.63) is 24.3 Å². The summed E-state index contributed by atoms with van der Waals surface area (Å²) in [5.41, 5.74) is 5.39. The number of hydrogen-bond donors (Lipinski definition) is 2. The van der Waals surface area contributed by atoms with Gasteiger partial charge in [0.2, 0.25) is 10.0 Å². The van der Waals surface area contributed by atoms with Gasteiger partial charge < -0.3 is 15.4 Å². The Hall–Kier alpha value is -1.80. The molecule has 1 aromatic rings. The first-order chi connectivity index (χ1) is 9.45. The van der Waals surface area contributed by atoms with Crippen molar-refractivity contribution in [3.8, 4) is 5.75 Å². The Kier molecular flexibility index (Phi) is 4.15. The van der Waals surface area contributed by atoms with Gasteiger partial charge in [-0.15, -0.1) is 0 Å². The Balaban J connectivity index is 2.13. The second kappa shape index (κ2) is 5.68. The molecule has 1 heterocycles. The lowest BCUT2D eigenvalue weighted by Crippen LogP contribution is -2.52. The van der Waals surface area contributed by atoms with Crippen LogP contribution in [0, 0.1) is 5.41 Å². The minimum atomic E-state index is -3.50. The molecule has 1 aliphatic rings. The fourth-order valence-electron chi connectivity index (χ4n) is 2.07. The number of nitrogens with two attached hydrogens (primary N) is 1. The lowest BCUT2D eigenvalue weighted by molar-refractivity contribution is 0.263. The maximum Gasteiger partial charge on any atom is 0.243 e. The van der Waals surface area contributed by atoms with Gasteiger partial charge in [-0.1, -0.05) is 0 Å². The minimum absolute atomic E-state index is 0.0218. The average Bonchev–Trinajstić information content (AvgIpc) is 2.47. The van der Waals surface area contributed by atoms with Gasteiger partial charge in [-0.2, -0.15) is 4.31 Å². The first-order valence-corrected chi connectivity index (χ1v) is 7.62. The molecule has 3 N–H and O–H groups in total. The van der Waals surface area contributed by atoms with Gasteiger partial charge in [0.15, 0.2) is 5.96 Å². The summed E-state index contributed by atoms with van der Waals surface area (Å²) in [7, 11) is -1.96. The molecule has 1 aromatic carbocycles. The number of hydrogen-bond acceptors (Lipinski definition) is 4. The van der Waals surface area contributed by atoms with Gasteiger partial charge in [0.05, 0.1) is 12.0 Å². The van der Waals surface area contributed by atoms with E-state index >= 15 is 0 Å². The molecule has 0 radical (unpaired) electrons. The maximum absolute atomic E-state index is 12.4. The van der Waals surface area contributed by atoms with Crippen LogP contribution in [-0.4, -0.2) is 56.9 Å². The first-order valence-electron chi connectivity index (χ1n) is 6.18. The SMILES string of the molecule is COc1ccc(S(=O)(=O)N2CCN(C(=N)N)CC2)cc1. The number of nitrogens with zero attached hydrogens (tertiary/aromatic N) is 2. The van der Waals surface area contributed by atoms with E-state index in [0.717, 1.165) is 0 Å². The molecule has 0 aliphatic carbocycles. The number of methoxy groups -OCH3 is 1. The molecule has 0 saturated carbocycles. The van der Waals surface area contributed by atoms with Crippen LogP contribution in [0.15, 0.2) is 29.2 Å². The van der Waals surface area contributed by atoms with E-state index in [1.165, 1.54) is 23.5 Å². The molecular weight excluding hydrogens is 280 g/mol. The lowest BCUT2D eigenvalue weighted by atomic mass is 10.3. The number of sulfonamides is 1. The predicted octanol–water partition coefficient (Wildman–Crippen LogP) is -0.105. The van der Waals surface area contributed by atoms with E-state index in [1.54, 1.807) is 17.0 Å².